The van der Waals surface area contributed by atoms with Crippen LogP contribution >= 0.6 is 11.8 Å². The Labute approximate surface area is 184 Å². The standard InChI is InChI=1S/C24H23N3O3S/c1-3-30-23(29)18-15(2)25-21-20(19(18)17-12-8-5-9-13-17)22(28)27-24(26-21)31-14-16-10-6-4-7-11-16/h4-13,19H,3,14H2,1-2H3,(H2,25,26,27,28). The van der Waals surface area contributed by atoms with Gasteiger partial charge in [0.1, 0.15) is 5.82 Å². The Bertz CT molecular complexity index is 1170. The fraction of sp³-hybridized carbons (Fsp3) is 0.208. The number of H-pyrrole nitrogens is 1. The van der Waals surface area contributed by atoms with Crippen molar-refractivity contribution in [3.63, 3.8) is 0 Å². The number of aromatic amines is 1. The number of carbonyl (C=O) groups is 1. The topological polar surface area (TPSA) is 84.1 Å². The van der Waals surface area contributed by atoms with Gasteiger partial charge in [-0.05, 0) is 25.0 Å². The zero-order chi connectivity index (χ0) is 21.8. The van der Waals surface area contributed by atoms with Gasteiger partial charge in [0.15, 0.2) is 5.16 Å². The van der Waals surface area contributed by atoms with Crippen LogP contribution < -0.4 is 10.9 Å². The van der Waals surface area contributed by atoms with Crippen molar-refractivity contribution in [3.8, 4) is 0 Å². The maximum Gasteiger partial charge on any atom is 0.336 e. The van der Waals surface area contributed by atoms with Crippen LogP contribution in [0.4, 0.5) is 5.82 Å². The number of thioether (sulfide) groups is 1. The summed E-state index contributed by atoms with van der Waals surface area (Å²) in [5.74, 6) is 0.168. The van der Waals surface area contributed by atoms with Gasteiger partial charge in [-0.25, -0.2) is 9.78 Å². The number of benzene rings is 2. The highest BCUT2D eigenvalue weighted by molar-refractivity contribution is 7.98. The lowest BCUT2D eigenvalue weighted by Crippen LogP contribution is -2.31. The molecule has 1 aromatic heterocycles. The van der Waals surface area contributed by atoms with E-state index in [-0.39, 0.29) is 12.2 Å². The molecule has 7 heteroatoms. The van der Waals surface area contributed by atoms with Gasteiger partial charge in [0.25, 0.3) is 5.56 Å². The van der Waals surface area contributed by atoms with E-state index < -0.39 is 11.9 Å². The summed E-state index contributed by atoms with van der Waals surface area (Å²) in [4.78, 5) is 33.5. The molecule has 0 aliphatic carbocycles. The van der Waals surface area contributed by atoms with E-state index in [0.29, 0.717) is 33.6 Å². The van der Waals surface area contributed by atoms with E-state index in [4.69, 9.17) is 4.74 Å². The van der Waals surface area contributed by atoms with Gasteiger partial charge in [-0.3, -0.25) is 4.79 Å². The van der Waals surface area contributed by atoms with Gasteiger partial charge < -0.3 is 15.0 Å². The van der Waals surface area contributed by atoms with Crippen molar-refractivity contribution >= 4 is 23.5 Å². The Morgan fingerprint density at radius 2 is 1.77 bits per heavy atom. The monoisotopic (exact) mass is 433 g/mol. The second-order valence-electron chi connectivity index (χ2n) is 7.14. The Kier molecular flexibility index (Phi) is 6.23. The molecule has 0 saturated heterocycles. The SMILES string of the molecule is CCOC(=O)C1=C(C)Nc2nc(SCc3ccccc3)[nH]c(=O)c2C1c1ccccc1. The molecule has 2 N–H and O–H groups in total. The average Bonchev–Trinajstić information content (AvgIpc) is 2.78. The summed E-state index contributed by atoms with van der Waals surface area (Å²) in [6.07, 6.45) is 0. The summed E-state index contributed by atoms with van der Waals surface area (Å²) >= 11 is 1.46. The molecule has 0 spiro atoms. The van der Waals surface area contributed by atoms with Gasteiger partial charge in [-0.15, -0.1) is 0 Å². The minimum atomic E-state index is -0.555. The molecule has 0 radical (unpaired) electrons. The number of rotatable bonds is 6. The molecule has 1 unspecified atom stereocenters. The first-order valence-corrected chi connectivity index (χ1v) is 11.1. The third kappa shape index (κ3) is 4.41. The maximum atomic E-state index is 13.2. The number of carbonyl (C=O) groups excluding carboxylic acids is 1. The van der Waals surface area contributed by atoms with E-state index in [1.807, 2.05) is 67.6 Å². The zero-order valence-corrected chi connectivity index (χ0v) is 18.2. The molecule has 0 fully saturated rings. The number of ether oxygens (including phenoxy) is 1. The lowest BCUT2D eigenvalue weighted by Gasteiger charge is -2.28. The van der Waals surface area contributed by atoms with Crippen LogP contribution in [0.1, 0.15) is 36.5 Å². The normalized spacial score (nSPS) is 15.2. The first-order chi connectivity index (χ1) is 15.1. The minimum Gasteiger partial charge on any atom is -0.463 e. The summed E-state index contributed by atoms with van der Waals surface area (Å²) < 4.78 is 5.30. The number of allylic oxidation sites excluding steroid dienone is 1. The van der Waals surface area contributed by atoms with Crippen LogP contribution in [-0.4, -0.2) is 22.5 Å². The predicted molar refractivity (Wildman–Crippen MR) is 122 cm³/mol. The first-order valence-electron chi connectivity index (χ1n) is 10.1. The Morgan fingerprint density at radius 1 is 1.10 bits per heavy atom. The van der Waals surface area contributed by atoms with Crippen molar-refractivity contribution in [3.05, 3.63) is 99.0 Å². The largest absolute Gasteiger partial charge is 0.463 e. The second-order valence-corrected chi connectivity index (χ2v) is 8.10. The van der Waals surface area contributed by atoms with Gasteiger partial charge in [-0.1, -0.05) is 72.4 Å². The second kappa shape index (κ2) is 9.22. The highest BCUT2D eigenvalue weighted by Gasteiger charge is 2.36. The summed E-state index contributed by atoms with van der Waals surface area (Å²) in [6, 6.07) is 19.5. The van der Waals surface area contributed by atoms with Gasteiger partial charge >= 0.3 is 5.97 Å². The Morgan fingerprint density at radius 3 is 2.45 bits per heavy atom. The molecule has 4 rings (SSSR count). The summed E-state index contributed by atoms with van der Waals surface area (Å²) in [5, 5.41) is 3.69. The van der Waals surface area contributed by atoms with Gasteiger partial charge in [0, 0.05) is 11.4 Å². The number of nitrogens with one attached hydrogen (secondary N) is 2. The number of aromatic nitrogens is 2. The zero-order valence-electron chi connectivity index (χ0n) is 17.3. The van der Waals surface area contributed by atoms with Gasteiger partial charge in [-0.2, -0.15) is 0 Å². The third-order valence-electron chi connectivity index (χ3n) is 5.07. The molecule has 1 aliphatic rings. The van der Waals surface area contributed by atoms with Crippen LogP contribution in [-0.2, 0) is 15.3 Å². The molecule has 0 amide bonds. The highest BCUT2D eigenvalue weighted by atomic mass is 32.2. The van der Waals surface area contributed by atoms with Crippen LogP contribution in [0.25, 0.3) is 0 Å². The summed E-state index contributed by atoms with van der Waals surface area (Å²) in [7, 11) is 0. The van der Waals surface area contributed by atoms with E-state index in [2.05, 4.69) is 15.3 Å². The Hall–Kier alpha value is -3.32. The molecule has 0 saturated carbocycles. The molecule has 31 heavy (non-hydrogen) atoms. The summed E-state index contributed by atoms with van der Waals surface area (Å²) in [6.45, 7) is 3.83. The van der Waals surface area contributed by atoms with Crippen molar-refractivity contribution in [1.82, 2.24) is 9.97 Å². The van der Waals surface area contributed by atoms with E-state index in [1.54, 1.807) is 6.92 Å². The van der Waals surface area contributed by atoms with Crippen molar-refractivity contribution in [2.75, 3.05) is 11.9 Å². The molecule has 1 atom stereocenters. The van der Waals surface area contributed by atoms with E-state index in [9.17, 15) is 9.59 Å². The summed E-state index contributed by atoms with van der Waals surface area (Å²) in [5.41, 5.74) is 3.20. The predicted octanol–water partition coefficient (Wildman–Crippen LogP) is 4.46. The van der Waals surface area contributed by atoms with Crippen LogP contribution in [0.5, 0.6) is 0 Å². The molecule has 158 valence electrons. The van der Waals surface area contributed by atoms with Crippen LogP contribution in [0.3, 0.4) is 0 Å². The smallest absolute Gasteiger partial charge is 0.336 e. The van der Waals surface area contributed by atoms with Crippen molar-refractivity contribution in [1.29, 1.82) is 0 Å². The number of anilines is 1. The fourth-order valence-corrected chi connectivity index (χ4v) is 4.50. The number of hydrogen-bond donors (Lipinski definition) is 2. The minimum absolute atomic E-state index is 0.258. The number of fused-ring (bicyclic) bond motifs is 1. The van der Waals surface area contributed by atoms with Crippen LogP contribution in [0.2, 0.25) is 0 Å². The van der Waals surface area contributed by atoms with Gasteiger partial charge in [0.2, 0.25) is 0 Å². The highest BCUT2D eigenvalue weighted by Crippen LogP contribution is 2.40. The van der Waals surface area contributed by atoms with E-state index >= 15 is 0 Å². The van der Waals surface area contributed by atoms with Crippen molar-refractivity contribution in [2.45, 2.75) is 30.7 Å². The molecule has 2 heterocycles. The number of esters is 1. The number of nitrogens with zero attached hydrogens (tertiary/aromatic N) is 1. The van der Waals surface area contributed by atoms with Crippen LogP contribution in [0.15, 0.2) is 81.9 Å². The molecule has 1 aliphatic heterocycles. The van der Waals surface area contributed by atoms with E-state index in [1.165, 1.54) is 11.8 Å². The molecule has 3 aromatic rings. The molecular formula is C24H23N3O3S. The third-order valence-corrected chi connectivity index (χ3v) is 6.01. The molecule has 0 bridgehead atoms. The van der Waals surface area contributed by atoms with Crippen molar-refractivity contribution < 1.29 is 9.53 Å². The Balaban J connectivity index is 1.75. The van der Waals surface area contributed by atoms with Crippen molar-refractivity contribution in [2.24, 2.45) is 0 Å². The van der Waals surface area contributed by atoms with Crippen LogP contribution in [0, 0.1) is 0 Å². The fourth-order valence-electron chi connectivity index (χ4n) is 3.68. The molecule has 2 aromatic carbocycles. The first kappa shape index (κ1) is 20.9. The molecule has 6 nitrogen and oxygen atoms in total. The number of hydrogen-bond acceptors (Lipinski definition) is 6. The quantitative estimate of drug-likeness (QED) is 0.339. The lowest BCUT2D eigenvalue weighted by molar-refractivity contribution is -0.138. The average molecular weight is 434 g/mol. The maximum absolute atomic E-state index is 13.2. The lowest BCUT2D eigenvalue weighted by atomic mass is 9.82. The van der Waals surface area contributed by atoms with E-state index in [0.717, 1.165) is 11.1 Å². The molecular weight excluding hydrogens is 410 g/mol. The van der Waals surface area contributed by atoms with Gasteiger partial charge in [0.05, 0.1) is 23.7 Å².